The van der Waals surface area contributed by atoms with Gasteiger partial charge < -0.3 is 27.9 Å². The zero-order valence-electron chi connectivity index (χ0n) is 32.1. The van der Waals surface area contributed by atoms with Gasteiger partial charge in [-0.1, -0.05) is 78.9 Å². The fraction of sp³-hybridized carbons (Fsp3) is 0.0204. The van der Waals surface area contributed by atoms with E-state index in [0.717, 1.165) is 74.3 Å². The van der Waals surface area contributed by atoms with Crippen LogP contribution in [0, 0.1) is 24.5 Å². The Bertz CT molecular complexity index is 3040. The van der Waals surface area contributed by atoms with Crippen molar-refractivity contribution in [1.29, 1.82) is 5.26 Å². The van der Waals surface area contributed by atoms with Crippen LogP contribution >= 0.6 is 0 Å². The van der Waals surface area contributed by atoms with E-state index in [1.165, 1.54) is 5.56 Å². The number of aromatic amines is 1. The van der Waals surface area contributed by atoms with Gasteiger partial charge in [-0.25, -0.2) is 14.7 Å². The maximum atomic E-state index is 10.2. The van der Waals surface area contributed by atoms with E-state index in [4.69, 9.17) is 46.1 Å². The fourth-order valence-electron chi connectivity index (χ4n) is 6.52. The largest absolute Gasteiger partial charge is 0.397 e. The number of aldehydes is 1. The number of rotatable bonds is 5. The van der Waals surface area contributed by atoms with Crippen LogP contribution in [0.25, 0.3) is 54.4 Å². The lowest BCUT2D eigenvalue weighted by Gasteiger charge is -2.07. The molecule has 0 saturated heterocycles. The molecule has 9 rings (SSSR count). The van der Waals surface area contributed by atoms with Crippen LogP contribution in [0.5, 0.6) is 0 Å². The highest BCUT2D eigenvalue weighted by molar-refractivity contribution is 6.07. The van der Waals surface area contributed by atoms with Gasteiger partial charge in [-0.2, -0.15) is 5.26 Å². The first-order valence-corrected chi connectivity index (χ1v) is 18.6. The second-order valence-corrected chi connectivity index (χ2v) is 13.8. The van der Waals surface area contributed by atoms with Crippen molar-refractivity contribution >= 4 is 62.8 Å². The molecule has 0 saturated carbocycles. The summed E-state index contributed by atoms with van der Waals surface area (Å²) in [7, 11) is 0. The number of carbonyl (C=O) groups excluding carboxylic acids is 1. The number of nitrogens with zero attached hydrogens (tertiary/aromatic N) is 5. The zero-order valence-corrected chi connectivity index (χ0v) is 32.1. The van der Waals surface area contributed by atoms with Crippen LogP contribution in [0.15, 0.2) is 151 Å². The predicted molar refractivity (Wildman–Crippen MR) is 242 cm³/mol. The number of nitrogens with two attached hydrogens (primary N) is 4. The van der Waals surface area contributed by atoms with Gasteiger partial charge in [-0.05, 0) is 100 Å². The summed E-state index contributed by atoms with van der Waals surface area (Å²) in [5.41, 5.74) is 38.3. The van der Waals surface area contributed by atoms with E-state index in [1.807, 2.05) is 72.8 Å². The number of nitrogens with one attached hydrogen (secondary N) is 1. The van der Waals surface area contributed by atoms with Gasteiger partial charge in [-0.3, -0.25) is 9.79 Å². The van der Waals surface area contributed by atoms with Gasteiger partial charge in [0.2, 0.25) is 0 Å². The lowest BCUT2D eigenvalue weighted by molar-refractivity contribution is 0.112. The lowest BCUT2D eigenvalue weighted by Crippen LogP contribution is -2.00. The minimum atomic E-state index is 0.504. The number of imidazole rings is 1. The number of carbonyl (C=O) groups is 1. The Morgan fingerprint density at radius 2 is 1.22 bits per heavy atom. The molecule has 7 aromatic carbocycles. The van der Waals surface area contributed by atoms with Gasteiger partial charge in [0.25, 0.3) is 0 Å². The van der Waals surface area contributed by atoms with E-state index in [0.29, 0.717) is 45.3 Å². The van der Waals surface area contributed by atoms with Crippen molar-refractivity contribution in [3.8, 4) is 39.7 Å². The third-order valence-electron chi connectivity index (χ3n) is 9.73. The van der Waals surface area contributed by atoms with E-state index in [2.05, 4.69) is 51.1 Å². The number of hydrogen-bond donors (Lipinski definition) is 5. The minimum Gasteiger partial charge on any atom is -0.397 e. The molecule has 0 spiro atoms. The number of H-pyrrole nitrogens is 1. The van der Waals surface area contributed by atoms with Crippen LogP contribution in [0.1, 0.15) is 27.0 Å². The number of aliphatic imine (C=N–C) groups is 1. The molecule has 8 aromatic rings. The van der Waals surface area contributed by atoms with Crippen LogP contribution in [0.4, 0.5) is 39.8 Å². The van der Waals surface area contributed by atoms with Gasteiger partial charge in [0.05, 0.1) is 70.0 Å². The standard InChI is InChI=1S/C29H17N5.C12H14N4.C8H5NO/c1-31-24-7-3-6-23(13-24)29-33-25-11-10-20(15-28(25)34-29)19-8-9-22-16-27(32-26(22)14-19)21-5-2-4-18(12-21)17-30;13-9-3-1-7(5-11(9)15)8-2-4-10(14)12(16)6-8;1-9-8-4-2-3-7(5-8)6-10/h2-15H,16H2,(H,33,34);1-6H,13-16H2;2-6H. The number of nitrogen functional groups attached to an aromatic ring is 4. The van der Waals surface area contributed by atoms with Crippen LogP contribution in [-0.4, -0.2) is 22.0 Å². The van der Waals surface area contributed by atoms with E-state index < -0.39 is 0 Å². The van der Waals surface area contributed by atoms with E-state index >= 15 is 0 Å². The van der Waals surface area contributed by atoms with E-state index in [9.17, 15) is 10.1 Å². The van der Waals surface area contributed by atoms with Gasteiger partial charge in [0.15, 0.2) is 11.4 Å². The smallest absolute Gasteiger partial charge is 0.187 e. The molecular formula is C49H36N10O. The van der Waals surface area contributed by atoms with Crippen molar-refractivity contribution in [3.63, 3.8) is 0 Å². The Balaban J connectivity index is 0.000000172. The predicted octanol–water partition coefficient (Wildman–Crippen LogP) is 10.7. The first-order chi connectivity index (χ1) is 29.1. The second-order valence-electron chi connectivity index (χ2n) is 13.8. The maximum Gasteiger partial charge on any atom is 0.187 e. The van der Waals surface area contributed by atoms with Crippen molar-refractivity contribution < 1.29 is 4.79 Å². The number of anilines is 4. The first kappa shape index (κ1) is 39.3. The highest BCUT2D eigenvalue weighted by atomic mass is 16.1. The average molecular weight is 781 g/mol. The molecule has 1 aliphatic rings. The van der Waals surface area contributed by atoms with Gasteiger partial charge in [0, 0.05) is 17.5 Å². The van der Waals surface area contributed by atoms with Crippen molar-refractivity contribution in [3.05, 3.63) is 191 Å². The molecule has 0 radical (unpaired) electrons. The molecule has 1 aliphatic heterocycles. The molecule has 60 heavy (non-hydrogen) atoms. The lowest BCUT2D eigenvalue weighted by atomic mass is 9.99. The highest BCUT2D eigenvalue weighted by Gasteiger charge is 2.18. The number of fused-ring (bicyclic) bond motifs is 2. The monoisotopic (exact) mass is 780 g/mol. The summed E-state index contributed by atoms with van der Waals surface area (Å²) in [6.07, 6.45) is 1.49. The summed E-state index contributed by atoms with van der Waals surface area (Å²) < 4.78 is 0. The molecule has 0 bridgehead atoms. The molecular weight excluding hydrogens is 745 g/mol. The molecule has 0 unspecified atom stereocenters. The molecule has 11 heteroatoms. The topological polar surface area (TPSA) is 195 Å². The SMILES string of the molecule is Nc1ccc(-c2ccc(N)c(N)c2)cc1N.[C-]#[N+]c1cccc(-c2nc3ccc(-c4ccc5c(c4)N=C(c4cccc(C#N)c4)C5)cc3[nH]2)c1.[C-]#[N+]c1cccc(C=O)c1. The highest BCUT2D eigenvalue weighted by Crippen LogP contribution is 2.35. The van der Waals surface area contributed by atoms with Crippen LogP contribution in [-0.2, 0) is 6.42 Å². The molecule has 11 nitrogen and oxygen atoms in total. The molecule has 0 atom stereocenters. The first-order valence-electron chi connectivity index (χ1n) is 18.6. The number of aromatic nitrogens is 2. The zero-order chi connectivity index (χ0) is 42.2. The van der Waals surface area contributed by atoms with Gasteiger partial charge in [0.1, 0.15) is 12.1 Å². The molecule has 1 aromatic heterocycles. The van der Waals surface area contributed by atoms with Crippen molar-refractivity contribution in [2.75, 3.05) is 22.9 Å². The fourth-order valence-corrected chi connectivity index (χ4v) is 6.52. The van der Waals surface area contributed by atoms with E-state index in [-0.39, 0.29) is 0 Å². The number of benzene rings is 7. The third kappa shape index (κ3) is 8.85. The summed E-state index contributed by atoms with van der Waals surface area (Å²) in [5.74, 6) is 0.750. The summed E-state index contributed by atoms with van der Waals surface area (Å²) in [5, 5.41) is 9.20. The molecule has 2 heterocycles. The minimum absolute atomic E-state index is 0.504. The Morgan fingerprint density at radius 3 is 1.88 bits per heavy atom. The number of nitriles is 1. The summed E-state index contributed by atoms with van der Waals surface area (Å²) in [6.45, 7) is 13.9. The average Bonchev–Trinajstić information content (AvgIpc) is 3.93. The van der Waals surface area contributed by atoms with Crippen LogP contribution in [0.3, 0.4) is 0 Å². The van der Waals surface area contributed by atoms with Crippen molar-refractivity contribution in [2.45, 2.75) is 6.42 Å². The molecule has 0 amide bonds. The molecule has 0 fully saturated rings. The summed E-state index contributed by atoms with van der Waals surface area (Å²) >= 11 is 0. The Morgan fingerprint density at radius 1 is 0.617 bits per heavy atom. The quantitative estimate of drug-likeness (QED) is 0.0651. The molecule has 9 N–H and O–H groups in total. The van der Waals surface area contributed by atoms with Crippen molar-refractivity contribution in [2.24, 2.45) is 4.99 Å². The Labute approximate surface area is 346 Å². The van der Waals surface area contributed by atoms with Gasteiger partial charge in [-0.15, -0.1) is 0 Å². The maximum absolute atomic E-state index is 10.2. The Hall–Kier alpha value is -8.98. The molecule has 288 valence electrons. The number of hydrogen-bond acceptors (Lipinski definition) is 8. The van der Waals surface area contributed by atoms with Crippen LogP contribution < -0.4 is 22.9 Å². The van der Waals surface area contributed by atoms with E-state index in [1.54, 1.807) is 42.5 Å². The summed E-state index contributed by atoms with van der Waals surface area (Å²) in [6, 6.07) is 47.4. The van der Waals surface area contributed by atoms with Gasteiger partial charge >= 0.3 is 0 Å². The molecule has 0 aliphatic carbocycles. The second kappa shape index (κ2) is 17.4. The Kier molecular flexibility index (Phi) is 11.4. The normalized spacial score (nSPS) is 11.0. The third-order valence-corrected chi connectivity index (χ3v) is 9.73. The van der Waals surface area contributed by atoms with Crippen LogP contribution in [0.2, 0.25) is 0 Å². The summed E-state index contributed by atoms with van der Waals surface area (Å²) in [4.78, 5) is 29.8. The van der Waals surface area contributed by atoms with Crippen molar-refractivity contribution in [1.82, 2.24) is 9.97 Å².